The number of hydrogen-bond acceptors (Lipinski definition) is 1. The van der Waals surface area contributed by atoms with Crippen LogP contribution in [0.15, 0.2) is 48.5 Å². The maximum atomic E-state index is 9.66. The lowest BCUT2D eigenvalue weighted by molar-refractivity contribution is 0.472. The van der Waals surface area contributed by atoms with Crippen LogP contribution < -0.4 is 0 Å². The molecule has 0 bridgehead atoms. The van der Waals surface area contributed by atoms with Crippen molar-refractivity contribution in [3.63, 3.8) is 0 Å². The minimum atomic E-state index is 0.379. The molecule has 0 saturated carbocycles. The summed E-state index contributed by atoms with van der Waals surface area (Å²) in [7, 11) is 0. The van der Waals surface area contributed by atoms with E-state index in [4.69, 9.17) is 0 Å². The van der Waals surface area contributed by atoms with Crippen molar-refractivity contribution in [2.75, 3.05) is 0 Å². The van der Waals surface area contributed by atoms with Crippen molar-refractivity contribution >= 4 is 22.6 Å². The van der Waals surface area contributed by atoms with Gasteiger partial charge >= 0.3 is 0 Å². The molecule has 2 heteroatoms. The lowest BCUT2D eigenvalue weighted by Crippen LogP contribution is -2.15. The quantitative estimate of drug-likeness (QED) is 0.589. The van der Waals surface area contributed by atoms with Gasteiger partial charge in [0.2, 0.25) is 0 Å². The lowest BCUT2D eigenvalue weighted by Gasteiger charge is -2.30. The van der Waals surface area contributed by atoms with E-state index in [0.29, 0.717) is 15.6 Å². The van der Waals surface area contributed by atoms with Gasteiger partial charge in [-0.3, -0.25) is 0 Å². The van der Waals surface area contributed by atoms with Gasteiger partial charge in [0, 0.05) is 9.84 Å². The summed E-state index contributed by atoms with van der Waals surface area (Å²) in [4.78, 5) is 0. The van der Waals surface area contributed by atoms with Gasteiger partial charge in [-0.05, 0) is 41.7 Å². The number of phenolic OH excluding ortho intramolecular Hbond substituents is 1. The maximum Gasteiger partial charge on any atom is 0.115 e. The number of aromatic hydroxyl groups is 1. The smallest absolute Gasteiger partial charge is 0.115 e. The second-order valence-corrected chi connectivity index (χ2v) is 6.18. The Labute approximate surface area is 121 Å². The zero-order chi connectivity index (χ0) is 12.5. The molecule has 3 rings (SSSR count). The van der Waals surface area contributed by atoms with Crippen molar-refractivity contribution < 1.29 is 5.11 Å². The van der Waals surface area contributed by atoms with Gasteiger partial charge in [-0.1, -0.05) is 59.0 Å². The maximum absolute atomic E-state index is 9.66. The summed E-state index contributed by atoms with van der Waals surface area (Å²) in [6, 6.07) is 16.5. The first-order valence-corrected chi connectivity index (χ1v) is 7.51. The summed E-state index contributed by atoms with van der Waals surface area (Å²) in [6.07, 6.45) is 2.30. The molecule has 0 amide bonds. The topological polar surface area (TPSA) is 20.2 Å². The molecule has 0 aromatic heterocycles. The van der Waals surface area contributed by atoms with Crippen LogP contribution in [0.1, 0.15) is 33.0 Å². The number of alkyl halides is 1. The highest BCUT2D eigenvalue weighted by Crippen LogP contribution is 2.47. The highest BCUT2D eigenvalue weighted by atomic mass is 127. The largest absolute Gasteiger partial charge is 0.508 e. The fraction of sp³-hybridized carbons (Fsp3) is 0.250. The van der Waals surface area contributed by atoms with Crippen molar-refractivity contribution in [1.82, 2.24) is 0 Å². The number of benzene rings is 2. The van der Waals surface area contributed by atoms with E-state index in [1.807, 2.05) is 6.07 Å². The third-order valence-electron chi connectivity index (χ3n) is 3.73. The Morgan fingerprint density at radius 3 is 2.61 bits per heavy atom. The Balaban J connectivity index is 1.99. The van der Waals surface area contributed by atoms with E-state index in [1.54, 1.807) is 6.07 Å². The van der Waals surface area contributed by atoms with Gasteiger partial charge in [-0.25, -0.2) is 0 Å². The normalized spacial score (nSPS) is 22.5. The van der Waals surface area contributed by atoms with E-state index in [-0.39, 0.29) is 0 Å². The van der Waals surface area contributed by atoms with Crippen LogP contribution in [0.3, 0.4) is 0 Å². The predicted molar refractivity (Wildman–Crippen MR) is 82.4 cm³/mol. The summed E-state index contributed by atoms with van der Waals surface area (Å²) in [5.41, 5.74) is 4.10. The van der Waals surface area contributed by atoms with Crippen LogP contribution in [-0.2, 0) is 6.42 Å². The van der Waals surface area contributed by atoms with Crippen molar-refractivity contribution in [1.29, 1.82) is 0 Å². The molecule has 1 aliphatic carbocycles. The standard InChI is InChI=1S/C16H15IO/c17-16-14(11-4-2-1-3-5-11)9-7-12-6-8-13(18)10-15(12)16/h1-6,8,10,14,16,18H,7,9H2. The van der Waals surface area contributed by atoms with Gasteiger partial charge in [-0.15, -0.1) is 0 Å². The molecule has 2 aromatic rings. The summed E-state index contributed by atoms with van der Waals surface area (Å²) in [6.45, 7) is 0. The van der Waals surface area contributed by atoms with E-state index >= 15 is 0 Å². The van der Waals surface area contributed by atoms with E-state index in [0.717, 1.165) is 6.42 Å². The molecular weight excluding hydrogens is 335 g/mol. The fourth-order valence-corrected chi connectivity index (χ4v) is 4.13. The van der Waals surface area contributed by atoms with E-state index in [9.17, 15) is 5.11 Å². The van der Waals surface area contributed by atoms with Crippen LogP contribution in [0.25, 0.3) is 0 Å². The van der Waals surface area contributed by atoms with Crippen LogP contribution in [0.2, 0.25) is 0 Å². The zero-order valence-corrected chi connectivity index (χ0v) is 12.2. The SMILES string of the molecule is Oc1ccc2c(c1)C(I)C(c1ccccc1)CC2. The van der Waals surface area contributed by atoms with Gasteiger partial charge in [0.05, 0.1) is 0 Å². The van der Waals surface area contributed by atoms with Crippen LogP contribution in [0.5, 0.6) is 5.75 Å². The Morgan fingerprint density at radius 2 is 1.83 bits per heavy atom. The second-order valence-electron chi connectivity index (χ2n) is 4.84. The molecule has 0 aliphatic heterocycles. The lowest BCUT2D eigenvalue weighted by atomic mass is 9.80. The van der Waals surface area contributed by atoms with Gasteiger partial charge in [0.15, 0.2) is 0 Å². The number of phenols is 1. The number of rotatable bonds is 1. The highest BCUT2D eigenvalue weighted by Gasteiger charge is 2.28. The van der Waals surface area contributed by atoms with Crippen LogP contribution in [0, 0.1) is 0 Å². The molecule has 92 valence electrons. The molecule has 0 heterocycles. The Kier molecular flexibility index (Phi) is 3.29. The average molecular weight is 350 g/mol. The fourth-order valence-electron chi connectivity index (χ4n) is 2.78. The van der Waals surface area contributed by atoms with Crippen LogP contribution in [0.4, 0.5) is 0 Å². The minimum Gasteiger partial charge on any atom is -0.508 e. The Morgan fingerprint density at radius 1 is 1.06 bits per heavy atom. The Hall–Kier alpha value is -1.03. The summed E-state index contributed by atoms with van der Waals surface area (Å²) in [5.74, 6) is 0.935. The van der Waals surface area contributed by atoms with Gasteiger partial charge in [-0.2, -0.15) is 0 Å². The summed E-state index contributed by atoms with van der Waals surface area (Å²) in [5, 5.41) is 9.66. The highest BCUT2D eigenvalue weighted by molar-refractivity contribution is 14.1. The molecule has 0 spiro atoms. The average Bonchev–Trinajstić information content (AvgIpc) is 2.41. The second kappa shape index (κ2) is 4.92. The van der Waals surface area contributed by atoms with E-state index in [1.165, 1.54) is 23.1 Å². The molecule has 1 nitrogen and oxygen atoms in total. The summed E-state index contributed by atoms with van der Waals surface area (Å²) >= 11 is 2.52. The molecule has 2 atom stereocenters. The van der Waals surface area contributed by atoms with E-state index < -0.39 is 0 Å². The number of aryl methyl sites for hydroxylation is 1. The van der Waals surface area contributed by atoms with Crippen molar-refractivity contribution in [3.05, 3.63) is 65.2 Å². The van der Waals surface area contributed by atoms with Gasteiger partial charge in [0.1, 0.15) is 5.75 Å². The minimum absolute atomic E-state index is 0.379. The molecule has 0 fully saturated rings. The third kappa shape index (κ3) is 2.14. The van der Waals surface area contributed by atoms with Crippen molar-refractivity contribution in [3.8, 4) is 5.75 Å². The molecule has 2 aromatic carbocycles. The first-order chi connectivity index (χ1) is 8.75. The molecule has 1 aliphatic rings. The molecule has 1 N–H and O–H groups in total. The molecule has 18 heavy (non-hydrogen) atoms. The number of fused-ring (bicyclic) bond motifs is 1. The molecule has 0 radical (unpaired) electrons. The van der Waals surface area contributed by atoms with Crippen LogP contribution >= 0.6 is 22.6 Å². The molecular formula is C16H15IO. The molecule has 2 unspecified atom stereocenters. The first kappa shape index (κ1) is 12.0. The van der Waals surface area contributed by atoms with Crippen molar-refractivity contribution in [2.24, 2.45) is 0 Å². The number of hydrogen-bond donors (Lipinski definition) is 1. The third-order valence-corrected chi connectivity index (χ3v) is 5.27. The number of halogens is 1. The first-order valence-electron chi connectivity index (χ1n) is 6.26. The summed E-state index contributed by atoms with van der Waals surface area (Å²) < 4.78 is 0.445. The monoisotopic (exact) mass is 350 g/mol. The van der Waals surface area contributed by atoms with E-state index in [2.05, 4.69) is 59.0 Å². The Bertz CT molecular complexity index is 550. The molecule has 0 saturated heterocycles. The van der Waals surface area contributed by atoms with Crippen LogP contribution in [-0.4, -0.2) is 5.11 Å². The van der Waals surface area contributed by atoms with Gasteiger partial charge in [0.25, 0.3) is 0 Å². The predicted octanol–water partition coefficient (Wildman–Crippen LogP) is 4.60. The van der Waals surface area contributed by atoms with Gasteiger partial charge < -0.3 is 5.11 Å². The zero-order valence-electron chi connectivity index (χ0n) is 10.0. The van der Waals surface area contributed by atoms with Crippen molar-refractivity contribution in [2.45, 2.75) is 22.7 Å².